The summed E-state index contributed by atoms with van der Waals surface area (Å²) in [6.45, 7) is -0.526. The molecule has 3 rings (SSSR count). The molecule has 1 saturated heterocycles. The average molecular weight is 434 g/mol. The van der Waals surface area contributed by atoms with Gasteiger partial charge >= 0.3 is 6.18 Å². The third kappa shape index (κ3) is 4.40. The molecule has 0 aromatic heterocycles. The van der Waals surface area contributed by atoms with E-state index in [-0.39, 0.29) is 31.7 Å². The molecule has 29 heavy (non-hydrogen) atoms. The number of nitrogens with zero attached hydrogens (tertiary/aromatic N) is 2. The molecule has 0 aliphatic carbocycles. The third-order valence-corrected chi connectivity index (χ3v) is 6.41. The van der Waals surface area contributed by atoms with Gasteiger partial charge in [0, 0.05) is 37.8 Å². The van der Waals surface area contributed by atoms with E-state index >= 15 is 0 Å². The van der Waals surface area contributed by atoms with Crippen LogP contribution >= 0.6 is 0 Å². The van der Waals surface area contributed by atoms with Gasteiger partial charge in [0.15, 0.2) is 0 Å². The van der Waals surface area contributed by atoms with Crippen molar-refractivity contribution in [2.45, 2.75) is 11.1 Å². The molecule has 11 heteroatoms. The molecule has 2 aromatic carbocycles. The zero-order chi connectivity index (χ0) is 21.4. The van der Waals surface area contributed by atoms with Gasteiger partial charge in [0.2, 0.25) is 10.0 Å². The molecule has 0 saturated carbocycles. The van der Waals surface area contributed by atoms with E-state index in [0.717, 1.165) is 34.6 Å². The topological polar surface area (TPSA) is 57.7 Å². The summed E-state index contributed by atoms with van der Waals surface area (Å²) in [5.74, 6) is -2.81. The molecule has 1 aliphatic heterocycles. The van der Waals surface area contributed by atoms with Crippen molar-refractivity contribution in [3.05, 3.63) is 65.2 Å². The van der Waals surface area contributed by atoms with Gasteiger partial charge in [0.05, 0.1) is 5.56 Å². The smallest absolute Gasteiger partial charge is 0.336 e. The number of benzene rings is 2. The van der Waals surface area contributed by atoms with Gasteiger partial charge in [-0.2, -0.15) is 17.5 Å². The minimum Gasteiger partial charge on any atom is -0.336 e. The van der Waals surface area contributed by atoms with Crippen molar-refractivity contribution < 1.29 is 35.2 Å². The Kier molecular flexibility index (Phi) is 5.63. The number of rotatable bonds is 3. The minimum absolute atomic E-state index is 0.0862. The Balaban J connectivity index is 1.73. The molecule has 1 amide bonds. The molecule has 1 fully saturated rings. The number of piperazine rings is 1. The summed E-state index contributed by atoms with van der Waals surface area (Å²) in [6.07, 6.45) is -4.59. The molecule has 1 heterocycles. The fourth-order valence-corrected chi connectivity index (χ4v) is 4.43. The number of sulfonamides is 1. The van der Waals surface area contributed by atoms with Crippen molar-refractivity contribution in [2.24, 2.45) is 0 Å². The molecule has 0 spiro atoms. The van der Waals surface area contributed by atoms with Crippen LogP contribution in [-0.2, 0) is 16.2 Å². The SMILES string of the molecule is O=C(c1cccc(C(F)(F)F)c1)N1CCN(S(=O)(=O)c2ccc(F)cc2F)CC1. The molecular formula is C18H15F5N2O3S. The van der Waals surface area contributed by atoms with E-state index in [4.69, 9.17) is 0 Å². The van der Waals surface area contributed by atoms with Crippen LogP contribution in [0.25, 0.3) is 0 Å². The van der Waals surface area contributed by atoms with Gasteiger partial charge in [-0.25, -0.2) is 17.2 Å². The van der Waals surface area contributed by atoms with E-state index in [0.29, 0.717) is 6.07 Å². The Morgan fingerprint density at radius 3 is 2.17 bits per heavy atom. The number of carbonyl (C=O) groups is 1. The standard InChI is InChI=1S/C18H15F5N2O3S/c19-14-4-5-16(15(20)11-14)29(27,28)25-8-6-24(7-9-25)17(26)12-2-1-3-13(10-12)18(21,22)23/h1-5,10-11H,6-9H2. The maximum atomic E-state index is 13.9. The van der Waals surface area contributed by atoms with Crippen molar-refractivity contribution in [1.82, 2.24) is 9.21 Å². The first-order valence-electron chi connectivity index (χ1n) is 8.42. The van der Waals surface area contributed by atoms with E-state index in [1.54, 1.807) is 0 Å². The summed E-state index contributed by atoms with van der Waals surface area (Å²) in [6, 6.07) is 6.05. The predicted molar refractivity (Wildman–Crippen MR) is 92.5 cm³/mol. The van der Waals surface area contributed by atoms with Crippen molar-refractivity contribution in [2.75, 3.05) is 26.2 Å². The second-order valence-electron chi connectivity index (χ2n) is 6.35. The Bertz CT molecular complexity index is 1030. The summed E-state index contributed by atoms with van der Waals surface area (Å²) in [4.78, 5) is 13.0. The van der Waals surface area contributed by atoms with Crippen LogP contribution in [0.5, 0.6) is 0 Å². The first kappa shape index (κ1) is 21.2. The highest BCUT2D eigenvalue weighted by atomic mass is 32.2. The van der Waals surface area contributed by atoms with Gasteiger partial charge in [-0.15, -0.1) is 0 Å². The van der Waals surface area contributed by atoms with Crippen molar-refractivity contribution in [1.29, 1.82) is 0 Å². The summed E-state index contributed by atoms with van der Waals surface area (Å²) in [7, 11) is -4.24. The molecular weight excluding hydrogens is 419 g/mol. The molecule has 0 radical (unpaired) electrons. The van der Waals surface area contributed by atoms with Crippen LogP contribution in [0, 0.1) is 11.6 Å². The first-order chi connectivity index (χ1) is 13.5. The highest BCUT2D eigenvalue weighted by molar-refractivity contribution is 7.89. The van der Waals surface area contributed by atoms with Crippen LogP contribution < -0.4 is 0 Å². The lowest BCUT2D eigenvalue weighted by atomic mass is 10.1. The molecule has 2 aromatic rings. The predicted octanol–water partition coefficient (Wildman–Crippen LogP) is 3.13. The second-order valence-corrected chi connectivity index (χ2v) is 8.26. The van der Waals surface area contributed by atoms with Gasteiger partial charge in [-0.3, -0.25) is 4.79 Å². The Labute approximate surface area is 163 Å². The van der Waals surface area contributed by atoms with Gasteiger partial charge in [0.25, 0.3) is 5.91 Å². The minimum atomic E-state index is -4.59. The van der Waals surface area contributed by atoms with E-state index in [1.165, 1.54) is 11.0 Å². The molecule has 0 atom stereocenters. The van der Waals surface area contributed by atoms with Crippen LogP contribution in [-0.4, -0.2) is 49.7 Å². The van der Waals surface area contributed by atoms with E-state index in [9.17, 15) is 35.2 Å². The highest BCUT2D eigenvalue weighted by Gasteiger charge is 2.34. The molecule has 0 N–H and O–H groups in total. The third-order valence-electron chi connectivity index (χ3n) is 4.47. The molecule has 0 bridgehead atoms. The summed E-state index contributed by atoms with van der Waals surface area (Å²) in [5.41, 5.74) is -1.13. The average Bonchev–Trinajstić information content (AvgIpc) is 2.66. The van der Waals surface area contributed by atoms with E-state index in [2.05, 4.69) is 0 Å². The maximum Gasteiger partial charge on any atom is 0.416 e. The van der Waals surface area contributed by atoms with Gasteiger partial charge in [0.1, 0.15) is 16.5 Å². The zero-order valence-electron chi connectivity index (χ0n) is 14.8. The van der Waals surface area contributed by atoms with E-state index < -0.39 is 44.2 Å². The molecule has 1 aliphatic rings. The molecule has 5 nitrogen and oxygen atoms in total. The Hall–Kier alpha value is -2.53. The van der Waals surface area contributed by atoms with E-state index in [1.807, 2.05) is 0 Å². The number of hydrogen-bond donors (Lipinski definition) is 0. The summed E-state index contributed by atoms with van der Waals surface area (Å²) >= 11 is 0. The lowest BCUT2D eigenvalue weighted by molar-refractivity contribution is -0.137. The quantitative estimate of drug-likeness (QED) is 0.698. The summed E-state index contributed by atoms with van der Waals surface area (Å²) < 4.78 is 91.4. The van der Waals surface area contributed by atoms with Crippen molar-refractivity contribution in [3.8, 4) is 0 Å². The van der Waals surface area contributed by atoms with Gasteiger partial charge in [-0.1, -0.05) is 6.07 Å². The van der Waals surface area contributed by atoms with Crippen LogP contribution in [0.2, 0.25) is 0 Å². The molecule has 0 unspecified atom stereocenters. The number of alkyl halides is 3. The fourth-order valence-electron chi connectivity index (χ4n) is 2.97. The first-order valence-corrected chi connectivity index (χ1v) is 9.86. The van der Waals surface area contributed by atoms with Crippen LogP contribution in [0.15, 0.2) is 47.4 Å². The second kappa shape index (κ2) is 7.71. The Morgan fingerprint density at radius 2 is 1.59 bits per heavy atom. The lowest BCUT2D eigenvalue weighted by Gasteiger charge is -2.34. The maximum absolute atomic E-state index is 13.9. The number of halogens is 5. The van der Waals surface area contributed by atoms with Crippen molar-refractivity contribution in [3.63, 3.8) is 0 Å². The monoisotopic (exact) mass is 434 g/mol. The number of amides is 1. The normalized spacial score (nSPS) is 16.1. The van der Waals surface area contributed by atoms with Crippen LogP contribution in [0.3, 0.4) is 0 Å². The Morgan fingerprint density at radius 1 is 0.931 bits per heavy atom. The van der Waals surface area contributed by atoms with Crippen molar-refractivity contribution >= 4 is 15.9 Å². The van der Waals surface area contributed by atoms with Crippen LogP contribution in [0.1, 0.15) is 15.9 Å². The number of carbonyl (C=O) groups excluding carboxylic acids is 1. The number of hydrogen-bond acceptors (Lipinski definition) is 3. The van der Waals surface area contributed by atoms with Gasteiger partial charge in [-0.05, 0) is 30.3 Å². The summed E-state index contributed by atoms with van der Waals surface area (Å²) in [5, 5.41) is 0. The fraction of sp³-hybridized carbons (Fsp3) is 0.278. The highest BCUT2D eigenvalue weighted by Crippen LogP contribution is 2.30. The zero-order valence-corrected chi connectivity index (χ0v) is 15.6. The largest absolute Gasteiger partial charge is 0.416 e. The van der Waals surface area contributed by atoms with Gasteiger partial charge < -0.3 is 4.90 Å². The molecule has 156 valence electrons. The van der Waals surface area contributed by atoms with Crippen LogP contribution in [0.4, 0.5) is 22.0 Å². The lowest BCUT2D eigenvalue weighted by Crippen LogP contribution is -2.50.